The van der Waals surface area contributed by atoms with E-state index in [9.17, 15) is 0 Å². The fraction of sp³-hybridized carbons (Fsp3) is 0.417. The van der Waals surface area contributed by atoms with Gasteiger partial charge >= 0.3 is 0 Å². The molecule has 0 aliphatic heterocycles. The van der Waals surface area contributed by atoms with Crippen molar-refractivity contribution in [1.29, 1.82) is 0 Å². The molecule has 0 amide bonds. The highest BCUT2D eigenvalue weighted by Gasteiger charge is 2.04. The SMILES string of the molecule is CCNC(=S)Nc1c(C)cc(C)cc1C. The second kappa shape index (κ2) is 5.12. The zero-order valence-electron chi connectivity index (χ0n) is 9.77. The highest BCUT2D eigenvalue weighted by atomic mass is 32.1. The predicted octanol–water partition coefficient (Wildman–Crippen LogP) is 2.92. The standard InChI is InChI=1S/C12H18N2S/c1-5-13-12(15)14-11-9(3)6-8(2)7-10(11)4/h6-7H,5H2,1-4H3,(H2,13,14,15). The maximum atomic E-state index is 5.17. The molecule has 0 unspecified atom stereocenters. The summed E-state index contributed by atoms with van der Waals surface area (Å²) in [5.41, 5.74) is 4.86. The summed E-state index contributed by atoms with van der Waals surface area (Å²) in [6, 6.07) is 4.31. The van der Waals surface area contributed by atoms with Gasteiger partial charge in [0.2, 0.25) is 0 Å². The van der Waals surface area contributed by atoms with Gasteiger partial charge in [0.15, 0.2) is 5.11 Å². The molecule has 2 nitrogen and oxygen atoms in total. The third-order valence-corrected chi connectivity index (χ3v) is 2.50. The van der Waals surface area contributed by atoms with Gasteiger partial charge in [-0.1, -0.05) is 17.7 Å². The lowest BCUT2D eigenvalue weighted by molar-refractivity contribution is 0.979. The number of benzene rings is 1. The number of nitrogens with one attached hydrogen (secondary N) is 2. The van der Waals surface area contributed by atoms with Gasteiger partial charge in [-0.05, 0) is 51.0 Å². The van der Waals surface area contributed by atoms with Crippen molar-refractivity contribution >= 4 is 23.0 Å². The molecule has 0 atom stereocenters. The van der Waals surface area contributed by atoms with Crippen molar-refractivity contribution in [2.45, 2.75) is 27.7 Å². The average molecular weight is 222 g/mol. The lowest BCUT2D eigenvalue weighted by Gasteiger charge is -2.14. The van der Waals surface area contributed by atoms with E-state index >= 15 is 0 Å². The number of anilines is 1. The molecule has 0 fully saturated rings. The van der Waals surface area contributed by atoms with Crippen molar-refractivity contribution in [1.82, 2.24) is 5.32 Å². The maximum Gasteiger partial charge on any atom is 0.170 e. The molecular weight excluding hydrogens is 204 g/mol. The molecule has 15 heavy (non-hydrogen) atoms. The molecule has 0 aromatic heterocycles. The normalized spacial score (nSPS) is 9.87. The molecule has 82 valence electrons. The van der Waals surface area contributed by atoms with Crippen molar-refractivity contribution in [3.63, 3.8) is 0 Å². The second-order valence-corrected chi connectivity index (χ2v) is 4.17. The molecule has 1 aromatic carbocycles. The Kier molecular flexibility index (Phi) is 4.09. The first-order valence-electron chi connectivity index (χ1n) is 5.17. The van der Waals surface area contributed by atoms with E-state index in [1.54, 1.807) is 0 Å². The first-order valence-corrected chi connectivity index (χ1v) is 5.58. The fourth-order valence-corrected chi connectivity index (χ4v) is 1.94. The van der Waals surface area contributed by atoms with Gasteiger partial charge in [0.25, 0.3) is 0 Å². The molecule has 0 aliphatic carbocycles. The summed E-state index contributed by atoms with van der Waals surface area (Å²) in [5, 5.41) is 7.00. The summed E-state index contributed by atoms with van der Waals surface area (Å²) in [5.74, 6) is 0. The minimum atomic E-state index is 0.688. The van der Waals surface area contributed by atoms with Crippen molar-refractivity contribution < 1.29 is 0 Å². The smallest absolute Gasteiger partial charge is 0.170 e. The molecule has 0 aliphatic rings. The average Bonchev–Trinajstić information content (AvgIpc) is 2.11. The van der Waals surface area contributed by atoms with E-state index in [2.05, 4.69) is 43.5 Å². The number of thiocarbonyl (C=S) groups is 1. The molecule has 1 rings (SSSR count). The molecule has 0 spiro atoms. The first kappa shape index (κ1) is 12.0. The quantitative estimate of drug-likeness (QED) is 0.752. The summed E-state index contributed by atoms with van der Waals surface area (Å²) in [4.78, 5) is 0. The summed E-state index contributed by atoms with van der Waals surface area (Å²) < 4.78 is 0. The van der Waals surface area contributed by atoms with Crippen LogP contribution >= 0.6 is 12.2 Å². The summed E-state index contributed by atoms with van der Waals surface area (Å²) in [6.07, 6.45) is 0. The minimum Gasteiger partial charge on any atom is -0.363 e. The van der Waals surface area contributed by atoms with Crippen LogP contribution in [0.5, 0.6) is 0 Å². The maximum absolute atomic E-state index is 5.17. The number of aryl methyl sites for hydroxylation is 3. The van der Waals surface area contributed by atoms with Crippen LogP contribution in [-0.2, 0) is 0 Å². The largest absolute Gasteiger partial charge is 0.363 e. The molecule has 1 aromatic rings. The second-order valence-electron chi connectivity index (χ2n) is 3.76. The number of rotatable bonds is 2. The van der Waals surface area contributed by atoms with Crippen molar-refractivity contribution in [2.75, 3.05) is 11.9 Å². The molecule has 0 radical (unpaired) electrons. The Labute approximate surface area is 97.1 Å². The van der Waals surface area contributed by atoms with E-state index in [0.29, 0.717) is 5.11 Å². The van der Waals surface area contributed by atoms with Crippen LogP contribution in [0.1, 0.15) is 23.6 Å². The summed E-state index contributed by atoms with van der Waals surface area (Å²) >= 11 is 5.17. The molecular formula is C12H18N2S. The summed E-state index contributed by atoms with van der Waals surface area (Å²) in [7, 11) is 0. The Morgan fingerprint density at radius 2 is 1.73 bits per heavy atom. The molecule has 2 N–H and O–H groups in total. The van der Waals surface area contributed by atoms with E-state index in [-0.39, 0.29) is 0 Å². The van der Waals surface area contributed by atoms with Gasteiger partial charge in [0.05, 0.1) is 0 Å². The predicted molar refractivity (Wildman–Crippen MR) is 70.6 cm³/mol. The fourth-order valence-electron chi connectivity index (χ4n) is 1.70. The Morgan fingerprint density at radius 1 is 1.20 bits per heavy atom. The van der Waals surface area contributed by atoms with Gasteiger partial charge in [-0.2, -0.15) is 0 Å². The van der Waals surface area contributed by atoms with Gasteiger partial charge in [-0.25, -0.2) is 0 Å². The molecule has 0 saturated heterocycles. The van der Waals surface area contributed by atoms with Crippen LogP contribution in [0.2, 0.25) is 0 Å². The van der Waals surface area contributed by atoms with Crippen LogP contribution in [0.25, 0.3) is 0 Å². The molecule has 3 heteroatoms. The third kappa shape index (κ3) is 3.20. The van der Waals surface area contributed by atoms with Crippen molar-refractivity contribution in [3.8, 4) is 0 Å². The molecule has 0 heterocycles. The van der Waals surface area contributed by atoms with Gasteiger partial charge < -0.3 is 10.6 Å². The van der Waals surface area contributed by atoms with Crippen molar-refractivity contribution in [3.05, 3.63) is 28.8 Å². The number of hydrogen-bond donors (Lipinski definition) is 2. The Morgan fingerprint density at radius 3 is 2.20 bits per heavy atom. The van der Waals surface area contributed by atoms with Crippen LogP contribution in [0.3, 0.4) is 0 Å². The monoisotopic (exact) mass is 222 g/mol. The zero-order chi connectivity index (χ0) is 11.4. The zero-order valence-corrected chi connectivity index (χ0v) is 10.6. The van der Waals surface area contributed by atoms with Gasteiger partial charge in [0, 0.05) is 12.2 Å². The van der Waals surface area contributed by atoms with E-state index < -0.39 is 0 Å². The van der Waals surface area contributed by atoms with Crippen LogP contribution in [0.4, 0.5) is 5.69 Å². The van der Waals surface area contributed by atoms with E-state index in [0.717, 1.165) is 12.2 Å². The Hall–Kier alpha value is -1.09. The van der Waals surface area contributed by atoms with Crippen LogP contribution in [0, 0.1) is 20.8 Å². The lowest BCUT2D eigenvalue weighted by Crippen LogP contribution is -2.28. The molecule has 0 saturated carbocycles. The Bertz CT molecular complexity index is 349. The minimum absolute atomic E-state index is 0.688. The van der Waals surface area contributed by atoms with Gasteiger partial charge in [-0.3, -0.25) is 0 Å². The highest BCUT2D eigenvalue weighted by molar-refractivity contribution is 7.80. The molecule has 0 bridgehead atoms. The van der Waals surface area contributed by atoms with Crippen LogP contribution in [-0.4, -0.2) is 11.7 Å². The summed E-state index contributed by atoms with van der Waals surface area (Å²) in [6.45, 7) is 9.17. The van der Waals surface area contributed by atoms with Crippen molar-refractivity contribution in [2.24, 2.45) is 0 Å². The van der Waals surface area contributed by atoms with Gasteiger partial charge in [0.1, 0.15) is 0 Å². The van der Waals surface area contributed by atoms with E-state index in [4.69, 9.17) is 12.2 Å². The first-order chi connectivity index (χ1) is 7.04. The third-order valence-electron chi connectivity index (χ3n) is 2.25. The highest BCUT2D eigenvalue weighted by Crippen LogP contribution is 2.21. The van der Waals surface area contributed by atoms with Crippen LogP contribution < -0.4 is 10.6 Å². The Balaban J connectivity index is 2.90. The van der Waals surface area contributed by atoms with Gasteiger partial charge in [-0.15, -0.1) is 0 Å². The van der Waals surface area contributed by atoms with Crippen LogP contribution in [0.15, 0.2) is 12.1 Å². The topological polar surface area (TPSA) is 24.1 Å². The lowest BCUT2D eigenvalue weighted by atomic mass is 10.1. The van der Waals surface area contributed by atoms with E-state index in [1.807, 2.05) is 6.92 Å². The number of hydrogen-bond acceptors (Lipinski definition) is 1. The van der Waals surface area contributed by atoms with E-state index in [1.165, 1.54) is 16.7 Å².